The van der Waals surface area contributed by atoms with E-state index in [4.69, 9.17) is 0 Å². The van der Waals surface area contributed by atoms with Crippen LogP contribution in [-0.4, -0.2) is 41.5 Å². The largest absolute Gasteiger partial charge is 0.431 e. The molecule has 4 heterocycles. The lowest BCUT2D eigenvalue weighted by Gasteiger charge is -2.30. The first-order valence-corrected chi connectivity index (χ1v) is 7.77. The van der Waals surface area contributed by atoms with Crippen LogP contribution in [0.2, 0.25) is 0 Å². The van der Waals surface area contributed by atoms with Gasteiger partial charge in [-0.1, -0.05) is 6.07 Å². The summed E-state index contributed by atoms with van der Waals surface area (Å²) in [6.07, 6.45) is 1.79. The summed E-state index contributed by atoms with van der Waals surface area (Å²) in [6, 6.07) is 2.02. The second kappa shape index (κ2) is 6.04. The molecule has 1 aliphatic heterocycles. The molecule has 0 unspecified atom stereocenters. The van der Waals surface area contributed by atoms with Crippen LogP contribution in [0.5, 0.6) is 0 Å². The maximum Gasteiger partial charge on any atom is 0.431 e. The average Bonchev–Trinajstić information content (AvgIpc) is 3.28. The minimum absolute atomic E-state index is 0.0357. The summed E-state index contributed by atoms with van der Waals surface area (Å²) < 4.78 is 44.0. The lowest BCUT2D eigenvalue weighted by molar-refractivity contribution is -0.0918. The van der Waals surface area contributed by atoms with Crippen LogP contribution in [0.1, 0.15) is 22.0 Å². The molecule has 0 fully saturated rings. The molecular formula is C16H12F3N7O. The van der Waals surface area contributed by atoms with Crippen molar-refractivity contribution in [2.75, 3.05) is 5.32 Å². The number of aromatic nitrogens is 6. The second-order valence-corrected chi connectivity index (χ2v) is 5.86. The third-order valence-corrected chi connectivity index (χ3v) is 4.09. The summed E-state index contributed by atoms with van der Waals surface area (Å²) >= 11 is 0. The highest BCUT2D eigenvalue weighted by Gasteiger charge is 2.46. The number of pyridine rings is 1. The maximum atomic E-state index is 13.8. The minimum Gasteiger partial charge on any atom is -0.320 e. The second-order valence-electron chi connectivity index (χ2n) is 5.86. The molecule has 0 radical (unpaired) electrons. The Morgan fingerprint density at radius 3 is 2.70 bits per heavy atom. The van der Waals surface area contributed by atoms with E-state index in [1.807, 2.05) is 0 Å². The molecule has 1 N–H and O–H groups in total. The highest BCUT2D eigenvalue weighted by molar-refractivity contribution is 6.10. The van der Waals surface area contributed by atoms with Gasteiger partial charge in [-0.3, -0.25) is 14.5 Å². The number of nitrogens with zero attached hydrogens (tertiary/aromatic N) is 6. The van der Waals surface area contributed by atoms with Gasteiger partial charge in [-0.25, -0.2) is 4.68 Å². The van der Waals surface area contributed by atoms with E-state index in [9.17, 15) is 18.0 Å². The number of ketones is 1. The van der Waals surface area contributed by atoms with E-state index < -0.39 is 29.3 Å². The highest BCUT2D eigenvalue weighted by atomic mass is 19.4. The van der Waals surface area contributed by atoms with Crippen LogP contribution in [0, 0.1) is 0 Å². The zero-order valence-electron chi connectivity index (χ0n) is 13.8. The third kappa shape index (κ3) is 2.86. The summed E-state index contributed by atoms with van der Waals surface area (Å²) in [5.74, 6) is -0.920. The van der Waals surface area contributed by atoms with Crippen molar-refractivity contribution in [3.8, 4) is 0 Å². The Bertz CT molecular complexity index is 1040. The molecule has 4 rings (SSSR count). The Labute approximate surface area is 150 Å². The average molecular weight is 375 g/mol. The predicted octanol–water partition coefficient (Wildman–Crippen LogP) is 2.12. The molecule has 11 heteroatoms. The van der Waals surface area contributed by atoms with Crippen LogP contribution in [0.3, 0.4) is 0 Å². The number of hydrogen-bond donors (Lipinski definition) is 1. The predicted molar refractivity (Wildman–Crippen MR) is 86.6 cm³/mol. The normalized spacial score (nSPS) is 16.8. The Morgan fingerprint density at radius 2 is 2.07 bits per heavy atom. The molecule has 1 aliphatic rings. The van der Waals surface area contributed by atoms with Crippen LogP contribution in [0.4, 0.5) is 19.1 Å². The Morgan fingerprint density at radius 1 is 1.26 bits per heavy atom. The molecule has 3 aromatic heterocycles. The van der Waals surface area contributed by atoms with Crippen LogP contribution >= 0.6 is 0 Å². The van der Waals surface area contributed by atoms with Gasteiger partial charge in [0.1, 0.15) is 18.1 Å². The quantitative estimate of drug-likeness (QED) is 0.706. The van der Waals surface area contributed by atoms with Gasteiger partial charge < -0.3 is 5.32 Å². The first-order valence-electron chi connectivity index (χ1n) is 7.77. The van der Waals surface area contributed by atoms with Gasteiger partial charge >= 0.3 is 6.18 Å². The van der Waals surface area contributed by atoms with Gasteiger partial charge in [0.05, 0.1) is 17.3 Å². The number of nitrogens with one attached hydrogen (secondary N) is 1. The summed E-state index contributed by atoms with van der Waals surface area (Å²) in [4.78, 5) is 20.8. The SMILES string of the molecule is Cn1cc(C(=O)C2=C(C(F)(F)F)Nc3ncnn3[C@H]2c2cccnc2)cn1. The van der Waals surface area contributed by atoms with E-state index >= 15 is 0 Å². The smallest absolute Gasteiger partial charge is 0.320 e. The monoisotopic (exact) mass is 375 g/mol. The van der Waals surface area contributed by atoms with Crippen LogP contribution < -0.4 is 5.32 Å². The molecule has 0 saturated carbocycles. The van der Waals surface area contributed by atoms with Crippen molar-refractivity contribution in [3.63, 3.8) is 0 Å². The molecule has 0 aromatic carbocycles. The Kier molecular flexibility index (Phi) is 3.79. The van der Waals surface area contributed by atoms with Crippen LogP contribution in [0.15, 0.2) is 54.5 Å². The molecule has 8 nitrogen and oxygen atoms in total. The number of aryl methyl sites for hydroxylation is 1. The summed E-state index contributed by atoms with van der Waals surface area (Å²) in [5, 5.41) is 10.1. The number of hydrogen-bond acceptors (Lipinski definition) is 6. The minimum atomic E-state index is -4.80. The molecule has 27 heavy (non-hydrogen) atoms. The number of Topliss-reactive ketones (excluding diaryl/α,β-unsaturated/α-hetero) is 1. The fourth-order valence-corrected chi connectivity index (χ4v) is 2.97. The Balaban J connectivity index is 1.97. The van der Waals surface area contributed by atoms with Gasteiger partial charge in [-0.05, 0) is 11.6 Å². The van der Waals surface area contributed by atoms with Gasteiger partial charge in [0, 0.05) is 25.6 Å². The van der Waals surface area contributed by atoms with Crippen molar-refractivity contribution < 1.29 is 18.0 Å². The van der Waals surface area contributed by atoms with Gasteiger partial charge in [0.2, 0.25) is 5.95 Å². The number of carbonyl (C=O) groups excluding carboxylic acids is 1. The van der Waals surface area contributed by atoms with Gasteiger partial charge in [0.25, 0.3) is 0 Å². The summed E-state index contributed by atoms with van der Waals surface area (Å²) in [6.45, 7) is 0. The maximum absolute atomic E-state index is 13.8. The molecule has 1 atom stereocenters. The van der Waals surface area contributed by atoms with Gasteiger partial charge in [0.15, 0.2) is 5.78 Å². The van der Waals surface area contributed by atoms with Crippen molar-refractivity contribution in [3.05, 3.63) is 65.6 Å². The van der Waals surface area contributed by atoms with Crippen molar-refractivity contribution in [2.24, 2.45) is 7.05 Å². The van der Waals surface area contributed by atoms with E-state index in [2.05, 4.69) is 25.5 Å². The molecule has 0 saturated heterocycles. The van der Waals surface area contributed by atoms with Crippen molar-refractivity contribution in [1.29, 1.82) is 0 Å². The topological polar surface area (TPSA) is 90.5 Å². The molecule has 0 bridgehead atoms. The number of halogens is 3. The molecule has 138 valence electrons. The van der Waals surface area contributed by atoms with E-state index in [-0.39, 0.29) is 11.5 Å². The fourth-order valence-electron chi connectivity index (χ4n) is 2.97. The van der Waals surface area contributed by atoms with Crippen molar-refractivity contribution in [1.82, 2.24) is 29.5 Å². The van der Waals surface area contributed by atoms with E-state index in [1.165, 1.54) is 34.2 Å². The number of alkyl halides is 3. The van der Waals surface area contributed by atoms with E-state index in [0.717, 1.165) is 6.33 Å². The molecule has 0 spiro atoms. The number of rotatable bonds is 3. The van der Waals surface area contributed by atoms with Gasteiger partial charge in [-0.2, -0.15) is 28.4 Å². The molecule has 0 amide bonds. The first kappa shape index (κ1) is 16.9. The van der Waals surface area contributed by atoms with Crippen molar-refractivity contribution >= 4 is 11.7 Å². The number of anilines is 1. The van der Waals surface area contributed by atoms with Gasteiger partial charge in [-0.15, -0.1) is 0 Å². The standard InChI is InChI=1S/C16H12F3N7O/c1-25-7-10(6-22-25)13(27)11-12(9-3-2-4-20-5-9)26-15(21-8-23-26)24-14(11)16(17,18)19/h2-8,12H,1H3,(H,21,23,24)/t12-/m0/s1. The lowest BCUT2D eigenvalue weighted by atomic mass is 9.91. The molecule has 0 aliphatic carbocycles. The van der Waals surface area contributed by atoms with Crippen molar-refractivity contribution in [2.45, 2.75) is 12.2 Å². The Hall–Kier alpha value is -3.50. The van der Waals surface area contributed by atoms with E-state index in [0.29, 0.717) is 5.56 Å². The summed E-state index contributed by atoms with van der Waals surface area (Å²) in [7, 11) is 1.57. The lowest BCUT2D eigenvalue weighted by Crippen LogP contribution is -2.35. The third-order valence-electron chi connectivity index (χ3n) is 4.09. The number of carbonyl (C=O) groups is 1. The molecule has 3 aromatic rings. The zero-order chi connectivity index (χ0) is 19.2. The summed E-state index contributed by atoms with van der Waals surface area (Å²) in [5.41, 5.74) is -1.26. The fraction of sp³-hybridized carbons (Fsp3) is 0.188. The number of fused-ring (bicyclic) bond motifs is 1. The zero-order valence-corrected chi connectivity index (χ0v) is 13.8. The van der Waals surface area contributed by atoms with Crippen LogP contribution in [0.25, 0.3) is 0 Å². The highest BCUT2D eigenvalue weighted by Crippen LogP contribution is 2.41. The number of allylic oxidation sites excluding steroid dienone is 2. The first-order chi connectivity index (χ1) is 12.9. The molecular weight excluding hydrogens is 363 g/mol. The van der Waals surface area contributed by atoms with Crippen LogP contribution in [-0.2, 0) is 7.05 Å². The van der Waals surface area contributed by atoms with E-state index in [1.54, 1.807) is 19.2 Å².